The number of nitrogens with zero attached hydrogens (tertiary/aromatic N) is 4. The van der Waals surface area contributed by atoms with Crippen LogP contribution in [0.4, 0.5) is 0 Å². The summed E-state index contributed by atoms with van der Waals surface area (Å²) < 4.78 is 1.57. The van der Waals surface area contributed by atoms with Crippen molar-refractivity contribution in [1.29, 1.82) is 0 Å². The van der Waals surface area contributed by atoms with Crippen molar-refractivity contribution in [3.05, 3.63) is 29.3 Å². The number of nitrogens with one attached hydrogen (secondary N) is 1. The van der Waals surface area contributed by atoms with Gasteiger partial charge in [0.1, 0.15) is 0 Å². The van der Waals surface area contributed by atoms with E-state index in [1.54, 1.807) is 16.8 Å². The number of thioether (sulfide) groups is 1. The summed E-state index contributed by atoms with van der Waals surface area (Å²) in [6.07, 6.45) is 0. The van der Waals surface area contributed by atoms with Crippen LogP contribution < -0.4 is 5.32 Å². The predicted molar refractivity (Wildman–Crippen MR) is 87.3 cm³/mol. The Balaban J connectivity index is 2.08. The number of amides is 1. The minimum atomic E-state index is -0.289. The topological polar surface area (TPSA) is 72.7 Å². The van der Waals surface area contributed by atoms with E-state index in [2.05, 4.69) is 34.7 Å². The number of halogens is 1. The zero-order valence-electron chi connectivity index (χ0n) is 12.7. The highest BCUT2D eigenvalue weighted by molar-refractivity contribution is 8.00. The van der Waals surface area contributed by atoms with E-state index in [0.29, 0.717) is 22.6 Å². The number of aromatic nitrogens is 4. The smallest absolute Gasteiger partial charge is 0.233 e. The Morgan fingerprint density at radius 3 is 2.86 bits per heavy atom. The Morgan fingerprint density at radius 1 is 1.41 bits per heavy atom. The summed E-state index contributed by atoms with van der Waals surface area (Å²) in [5.74, 6) is 0.386. The van der Waals surface area contributed by atoms with E-state index in [-0.39, 0.29) is 11.2 Å². The summed E-state index contributed by atoms with van der Waals surface area (Å²) >= 11 is 7.30. The van der Waals surface area contributed by atoms with Gasteiger partial charge in [0.15, 0.2) is 0 Å². The van der Waals surface area contributed by atoms with Crippen molar-refractivity contribution in [3.8, 4) is 5.69 Å². The molecule has 1 N–H and O–H groups in total. The van der Waals surface area contributed by atoms with Crippen LogP contribution >= 0.6 is 23.4 Å². The molecule has 118 valence electrons. The van der Waals surface area contributed by atoms with Gasteiger partial charge in [-0.2, -0.15) is 4.68 Å². The highest BCUT2D eigenvalue weighted by Crippen LogP contribution is 2.24. The molecule has 0 unspecified atom stereocenters. The van der Waals surface area contributed by atoms with Gasteiger partial charge < -0.3 is 5.32 Å². The average Bonchev–Trinajstić information content (AvgIpc) is 2.92. The van der Waals surface area contributed by atoms with Crippen LogP contribution in [0.1, 0.15) is 20.8 Å². The van der Waals surface area contributed by atoms with Gasteiger partial charge in [0.25, 0.3) is 0 Å². The van der Waals surface area contributed by atoms with Gasteiger partial charge in [0, 0.05) is 11.6 Å². The number of hydrogen-bond donors (Lipinski definition) is 1. The van der Waals surface area contributed by atoms with Crippen LogP contribution in [0.3, 0.4) is 0 Å². The maximum atomic E-state index is 12.0. The summed E-state index contributed by atoms with van der Waals surface area (Å²) in [6, 6.07) is 7.23. The number of carbonyl (C=O) groups excluding carboxylic acids is 1. The Kier molecular flexibility index (Phi) is 5.79. The van der Waals surface area contributed by atoms with Crippen molar-refractivity contribution in [2.24, 2.45) is 5.92 Å². The van der Waals surface area contributed by atoms with Crippen LogP contribution in [-0.2, 0) is 4.79 Å². The first-order valence-electron chi connectivity index (χ1n) is 6.96. The number of hydrogen-bond acceptors (Lipinski definition) is 5. The van der Waals surface area contributed by atoms with Gasteiger partial charge in [0.05, 0.1) is 10.9 Å². The Bertz CT molecular complexity index is 646. The highest BCUT2D eigenvalue weighted by atomic mass is 35.5. The molecule has 1 aromatic carbocycles. The molecule has 0 saturated heterocycles. The lowest BCUT2D eigenvalue weighted by Gasteiger charge is -2.13. The van der Waals surface area contributed by atoms with E-state index < -0.39 is 0 Å². The maximum absolute atomic E-state index is 12.0. The summed E-state index contributed by atoms with van der Waals surface area (Å²) in [7, 11) is 0. The molecular formula is C14H18ClN5OS. The van der Waals surface area contributed by atoms with Crippen molar-refractivity contribution < 1.29 is 4.79 Å². The van der Waals surface area contributed by atoms with E-state index in [0.717, 1.165) is 5.69 Å². The molecule has 0 spiro atoms. The van der Waals surface area contributed by atoms with Gasteiger partial charge in [-0.25, -0.2) is 0 Å². The SMILES string of the molecule is CC(C)CNC(=O)[C@@H](C)Sc1nnnn1-c1cccc(Cl)c1. The van der Waals surface area contributed by atoms with Crippen molar-refractivity contribution in [3.63, 3.8) is 0 Å². The number of tetrazole rings is 1. The van der Waals surface area contributed by atoms with Gasteiger partial charge in [-0.15, -0.1) is 5.10 Å². The summed E-state index contributed by atoms with van der Waals surface area (Å²) in [4.78, 5) is 12.0. The lowest BCUT2D eigenvalue weighted by molar-refractivity contribution is -0.120. The molecule has 0 bridgehead atoms. The molecule has 6 nitrogen and oxygen atoms in total. The largest absolute Gasteiger partial charge is 0.355 e. The van der Waals surface area contributed by atoms with Crippen LogP contribution in [0, 0.1) is 5.92 Å². The van der Waals surface area contributed by atoms with Crippen molar-refractivity contribution >= 4 is 29.3 Å². The Hall–Kier alpha value is -1.60. The molecule has 1 amide bonds. The van der Waals surface area contributed by atoms with Crippen LogP contribution in [-0.4, -0.2) is 37.9 Å². The third-order valence-electron chi connectivity index (χ3n) is 2.83. The molecule has 2 rings (SSSR count). The second-order valence-electron chi connectivity index (χ2n) is 5.25. The van der Waals surface area contributed by atoms with E-state index in [1.807, 2.05) is 19.1 Å². The minimum absolute atomic E-state index is 0.0284. The molecule has 0 fully saturated rings. The van der Waals surface area contributed by atoms with Gasteiger partial charge in [-0.05, 0) is 41.5 Å². The van der Waals surface area contributed by atoms with Crippen molar-refractivity contribution in [2.45, 2.75) is 31.2 Å². The van der Waals surface area contributed by atoms with Gasteiger partial charge in [0.2, 0.25) is 11.1 Å². The predicted octanol–water partition coefficient (Wildman–Crippen LogP) is 2.57. The normalized spacial score (nSPS) is 12.4. The molecular weight excluding hydrogens is 322 g/mol. The van der Waals surface area contributed by atoms with Crippen molar-refractivity contribution in [2.75, 3.05) is 6.54 Å². The molecule has 0 aliphatic carbocycles. The Labute approximate surface area is 138 Å². The fraction of sp³-hybridized carbons (Fsp3) is 0.429. The molecule has 1 atom stereocenters. The first kappa shape index (κ1) is 16.8. The standard InChI is InChI=1S/C14H18ClN5OS/c1-9(2)8-16-13(21)10(3)22-14-17-18-19-20(14)12-6-4-5-11(15)7-12/h4-7,9-10H,8H2,1-3H3,(H,16,21)/t10-/m1/s1. The molecule has 2 aromatic rings. The maximum Gasteiger partial charge on any atom is 0.233 e. The molecule has 1 heterocycles. The summed E-state index contributed by atoms with van der Waals surface area (Å²) in [5, 5.41) is 15.4. The lowest BCUT2D eigenvalue weighted by atomic mass is 10.2. The van der Waals surface area contributed by atoms with Gasteiger partial charge in [-0.3, -0.25) is 4.79 Å². The molecule has 0 aliphatic heterocycles. The zero-order valence-corrected chi connectivity index (χ0v) is 14.2. The second kappa shape index (κ2) is 7.60. The number of carbonyl (C=O) groups is 1. The third-order valence-corrected chi connectivity index (χ3v) is 4.10. The molecule has 0 aliphatic rings. The molecule has 8 heteroatoms. The summed E-state index contributed by atoms with van der Waals surface area (Å²) in [5.41, 5.74) is 0.759. The molecule has 22 heavy (non-hydrogen) atoms. The quantitative estimate of drug-likeness (QED) is 0.819. The molecule has 1 aromatic heterocycles. The summed E-state index contributed by atoms with van der Waals surface area (Å²) in [6.45, 7) is 6.59. The van der Waals surface area contributed by atoms with Gasteiger partial charge in [-0.1, -0.05) is 43.3 Å². The third kappa shape index (κ3) is 4.45. The van der Waals surface area contributed by atoms with Gasteiger partial charge >= 0.3 is 0 Å². The van der Waals surface area contributed by atoms with Crippen LogP contribution in [0.25, 0.3) is 5.69 Å². The average molecular weight is 340 g/mol. The van der Waals surface area contributed by atoms with E-state index in [9.17, 15) is 4.79 Å². The first-order valence-corrected chi connectivity index (χ1v) is 8.22. The fourth-order valence-electron chi connectivity index (χ4n) is 1.68. The van der Waals surface area contributed by atoms with E-state index in [1.165, 1.54) is 11.8 Å². The van der Waals surface area contributed by atoms with Crippen LogP contribution in [0.2, 0.25) is 5.02 Å². The molecule has 0 saturated carbocycles. The fourth-order valence-corrected chi connectivity index (χ4v) is 2.70. The minimum Gasteiger partial charge on any atom is -0.355 e. The van der Waals surface area contributed by atoms with Crippen LogP contribution in [0.5, 0.6) is 0 Å². The zero-order chi connectivity index (χ0) is 16.1. The Morgan fingerprint density at radius 2 is 2.18 bits per heavy atom. The second-order valence-corrected chi connectivity index (χ2v) is 7.00. The van der Waals surface area contributed by atoms with Crippen molar-refractivity contribution in [1.82, 2.24) is 25.5 Å². The van der Waals surface area contributed by atoms with Crippen LogP contribution in [0.15, 0.2) is 29.4 Å². The number of rotatable bonds is 6. The van der Waals surface area contributed by atoms with E-state index in [4.69, 9.17) is 11.6 Å². The molecule has 0 radical (unpaired) electrons. The monoisotopic (exact) mass is 339 g/mol. The van der Waals surface area contributed by atoms with E-state index >= 15 is 0 Å². The number of benzene rings is 1. The first-order chi connectivity index (χ1) is 10.5. The lowest BCUT2D eigenvalue weighted by Crippen LogP contribution is -2.33. The highest BCUT2D eigenvalue weighted by Gasteiger charge is 2.19.